The number of thioether (sulfide) groups is 2. The zero-order chi connectivity index (χ0) is 18.1. The second-order valence-electron chi connectivity index (χ2n) is 4.84. The lowest BCUT2D eigenvalue weighted by molar-refractivity contribution is -0.115. The van der Waals surface area contributed by atoms with Crippen LogP contribution in [-0.2, 0) is 14.4 Å². The standard InChI is InChI=1S/C16H8BrN3O3S2/c17-9-10(20-7-4-2-1-3-5-7)12(22)14-13(11(9)21)24-16(25-14)8(6-18)15(19)23/h1-5,20H,(H2,19,23)/b16-8+. The molecular weight excluding hydrogens is 426 g/mol. The highest BCUT2D eigenvalue weighted by Crippen LogP contribution is 2.54. The van der Waals surface area contributed by atoms with Crippen LogP contribution >= 0.6 is 39.5 Å². The molecule has 1 aromatic carbocycles. The molecule has 0 atom stereocenters. The number of nitrogens with zero attached hydrogens (tertiary/aromatic N) is 1. The number of para-hydroxylation sites is 1. The summed E-state index contributed by atoms with van der Waals surface area (Å²) >= 11 is 5.01. The zero-order valence-electron chi connectivity index (χ0n) is 12.3. The molecule has 124 valence electrons. The van der Waals surface area contributed by atoms with Crippen LogP contribution in [0.15, 0.2) is 60.1 Å². The molecule has 1 aliphatic carbocycles. The van der Waals surface area contributed by atoms with Crippen molar-refractivity contribution in [3.8, 4) is 6.07 Å². The summed E-state index contributed by atoms with van der Waals surface area (Å²) in [4.78, 5) is 37.1. The number of amides is 1. The normalized spacial score (nSPS) is 18.9. The highest BCUT2D eigenvalue weighted by atomic mass is 79.9. The molecule has 9 heteroatoms. The predicted octanol–water partition coefficient (Wildman–Crippen LogP) is 2.77. The van der Waals surface area contributed by atoms with Crippen molar-refractivity contribution in [1.82, 2.24) is 0 Å². The van der Waals surface area contributed by atoms with Gasteiger partial charge in [-0.05, 0) is 28.1 Å². The number of ketones is 2. The summed E-state index contributed by atoms with van der Waals surface area (Å²) in [7, 11) is 0. The Bertz CT molecular complexity index is 959. The molecule has 0 unspecified atom stereocenters. The van der Waals surface area contributed by atoms with Crippen molar-refractivity contribution in [3.63, 3.8) is 0 Å². The summed E-state index contributed by atoms with van der Waals surface area (Å²) in [5.41, 5.74) is 5.68. The van der Waals surface area contributed by atoms with E-state index in [2.05, 4.69) is 21.2 Å². The largest absolute Gasteiger partial charge is 0.365 e. The number of allylic oxidation sites excluding steroid dienone is 3. The number of halogens is 1. The minimum atomic E-state index is -0.896. The smallest absolute Gasteiger partial charge is 0.261 e. The van der Waals surface area contributed by atoms with Gasteiger partial charge in [-0.2, -0.15) is 5.26 Å². The first kappa shape index (κ1) is 17.5. The van der Waals surface area contributed by atoms with E-state index in [0.29, 0.717) is 5.69 Å². The van der Waals surface area contributed by atoms with Gasteiger partial charge in [0.05, 0.1) is 18.5 Å². The van der Waals surface area contributed by atoms with Crippen LogP contribution in [0.25, 0.3) is 0 Å². The number of hydrogen-bond acceptors (Lipinski definition) is 7. The molecule has 0 radical (unpaired) electrons. The number of primary amides is 1. The maximum absolute atomic E-state index is 12.8. The number of anilines is 1. The van der Waals surface area contributed by atoms with E-state index in [0.717, 1.165) is 23.5 Å². The van der Waals surface area contributed by atoms with Gasteiger partial charge in [0, 0.05) is 5.69 Å². The van der Waals surface area contributed by atoms with Crippen LogP contribution in [0.1, 0.15) is 0 Å². The number of nitrogens with one attached hydrogen (secondary N) is 1. The highest BCUT2D eigenvalue weighted by molar-refractivity contribution is 9.12. The second kappa shape index (κ2) is 6.92. The lowest BCUT2D eigenvalue weighted by Crippen LogP contribution is -2.22. The summed E-state index contributed by atoms with van der Waals surface area (Å²) in [6, 6.07) is 10.7. The lowest BCUT2D eigenvalue weighted by atomic mass is 10.1. The Morgan fingerprint density at radius 3 is 2.28 bits per heavy atom. The van der Waals surface area contributed by atoms with E-state index < -0.39 is 5.91 Å². The van der Waals surface area contributed by atoms with Crippen LogP contribution in [-0.4, -0.2) is 17.5 Å². The van der Waals surface area contributed by atoms with Gasteiger partial charge in [0.25, 0.3) is 5.91 Å². The maximum Gasteiger partial charge on any atom is 0.261 e. The first-order chi connectivity index (χ1) is 11.9. The lowest BCUT2D eigenvalue weighted by Gasteiger charge is -2.17. The van der Waals surface area contributed by atoms with Gasteiger partial charge >= 0.3 is 0 Å². The van der Waals surface area contributed by atoms with Crippen LogP contribution in [0.3, 0.4) is 0 Å². The van der Waals surface area contributed by atoms with Gasteiger partial charge < -0.3 is 11.1 Å². The van der Waals surface area contributed by atoms with Crippen LogP contribution in [0.4, 0.5) is 5.69 Å². The van der Waals surface area contributed by atoms with Gasteiger partial charge in [0.1, 0.15) is 17.3 Å². The van der Waals surface area contributed by atoms with Crippen molar-refractivity contribution in [2.75, 3.05) is 5.32 Å². The summed E-state index contributed by atoms with van der Waals surface area (Å²) in [6.45, 7) is 0. The summed E-state index contributed by atoms with van der Waals surface area (Å²) in [5, 5.41) is 12.0. The van der Waals surface area contributed by atoms with Crippen molar-refractivity contribution in [2.45, 2.75) is 0 Å². The van der Waals surface area contributed by atoms with Crippen molar-refractivity contribution >= 4 is 62.6 Å². The van der Waals surface area contributed by atoms with E-state index >= 15 is 0 Å². The van der Waals surface area contributed by atoms with E-state index in [1.807, 2.05) is 6.07 Å². The fourth-order valence-corrected chi connectivity index (χ4v) is 5.26. The van der Waals surface area contributed by atoms with Gasteiger partial charge in [-0.3, -0.25) is 14.4 Å². The van der Waals surface area contributed by atoms with Gasteiger partial charge in [0.15, 0.2) is 0 Å². The van der Waals surface area contributed by atoms with Gasteiger partial charge in [0.2, 0.25) is 11.6 Å². The molecule has 3 N–H and O–H groups in total. The quantitative estimate of drug-likeness (QED) is 0.427. The fraction of sp³-hybridized carbons (Fsp3) is 0. The van der Waals surface area contributed by atoms with Crippen molar-refractivity contribution in [3.05, 3.63) is 60.1 Å². The molecule has 25 heavy (non-hydrogen) atoms. The van der Waals surface area contributed by atoms with Crippen LogP contribution in [0.5, 0.6) is 0 Å². The van der Waals surface area contributed by atoms with Gasteiger partial charge in [-0.1, -0.05) is 41.7 Å². The molecule has 0 fully saturated rings. The number of Topliss-reactive ketones (excluding diaryl/α,β-unsaturated/α-hetero) is 2. The molecule has 1 aromatic rings. The predicted molar refractivity (Wildman–Crippen MR) is 100 cm³/mol. The topological polar surface area (TPSA) is 113 Å². The number of nitrogens with two attached hydrogens (primary N) is 1. The van der Waals surface area contributed by atoms with Crippen LogP contribution in [0, 0.1) is 11.3 Å². The average molecular weight is 434 g/mol. The molecule has 2 aliphatic rings. The molecule has 0 saturated heterocycles. The second-order valence-corrected chi connectivity index (χ2v) is 7.93. The molecule has 6 nitrogen and oxygen atoms in total. The molecule has 0 bridgehead atoms. The molecule has 0 aromatic heterocycles. The van der Waals surface area contributed by atoms with Crippen LogP contribution in [0.2, 0.25) is 0 Å². The van der Waals surface area contributed by atoms with E-state index in [4.69, 9.17) is 11.0 Å². The third-order valence-electron chi connectivity index (χ3n) is 3.26. The molecule has 1 amide bonds. The minimum absolute atomic E-state index is 0.104. The van der Waals surface area contributed by atoms with Crippen LogP contribution < -0.4 is 11.1 Å². The average Bonchev–Trinajstić information content (AvgIpc) is 3.03. The number of nitriles is 1. The van der Waals surface area contributed by atoms with Crippen molar-refractivity contribution in [1.29, 1.82) is 5.26 Å². The first-order valence-electron chi connectivity index (χ1n) is 6.79. The van der Waals surface area contributed by atoms with Crippen molar-refractivity contribution in [2.24, 2.45) is 5.73 Å². The van der Waals surface area contributed by atoms with E-state index in [1.54, 1.807) is 30.3 Å². The van der Waals surface area contributed by atoms with E-state index in [9.17, 15) is 14.4 Å². The number of carbonyl (C=O) groups excluding carboxylic acids is 3. The summed E-state index contributed by atoms with van der Waals surface area (Å²) < 4.78 is 0.343. The van der Waals surface area contributed by atoms with E-state index in [-0.39, 0.29) is 41.4 Å². The molecule has 3 rings (SSSR count). The molecule has 0 spiro atoms. The number of rotatable bonds is 3. The Morgan fingerprint density at radius 2 is 1.72 bits per heavy atom. The Kier molecular flexibility index (Phi) is 4.85. The maximum atomic E-state index is 12.8. The highest BCUT2D eigenvalue weighted by Gasteiger charge is 2.40. The molecular formula is C16H8BrN3O3S2. The molecule has 1 heterocycles. The minimum Gasteiger partial charge on any atom is -0.365 e. The molecule has 1 aliphatic heterocycles. The first-order valence-corrected chi connectivity index (χ1v) is 9.22. The SMILES string of the molecule is N#C/C(C(N)=O)=C1/SC2=C(S1)C(=O)C(Nc1ccccc1)=C(Br)C2=O. The Morgan fingerprint density at radius 1 is 1.12 bits per heavy atom. The van der Waals surface area contributed by atoms with Gasteiger partial charge in [-0.25, -0.2) is 0 Å². The van der Waals surface area contributed by atoms with Gasteiger partial charge in [-0.15, -0.1) is 0 Å². The third kappa shape index (κ3) is 3.16. The number of benzene rings is 1. The third-order valence-corrected chi connectivity index (χ3v) is 6.61. The van der Waals surface area contributed by atoms with Crippen molar-refractivity contribution < 1.29 is 14.4 Å². The summed E-state index contributed by atoms with van der Waals surface area (Å²) in [6.07, 6.45) is 0. The zero-order valence-corrected chi connectivity index (χ0v) is 15.5. The Balaban J connectivity index is 1.97. The summed E-state index contributed by atoms with van der Waals surface area (Å²) in [5.74, 6) is -1.67. The number of hydrogen-bond donors (Lipinski definition) is 2. The fourth-order valence-electron chi connectivity index (χ4n) is 2.11. The Labute approximate surface area is 159 Å². The number of carbonyl (C=O) groups is 3. The molecule has 0 saturated carbocycles. The monoisotopic (exact) mass is 433 g/mol. The van der Waals surface area contributed by atoms with E-state index in [1.165, 1.54) is 0 Å². The Hall–Kier alpha value is -2.28.